The molecule has 1 N–H and O–H groups in total. The highest BCUT2D eigenvalue weighted by Crippen LogP contribution is 2.12. The Hall–Kier alpha value is -2.59. The van der Waals surface area contributed by atoms with Gasteiger partial charge in [0.25, 0.3) is 0 Å². The fourth-order valence-electron chi connectivity index (χ4n) is 2.43. The molecule has 0 aliphatic heterocycles. The summed E-state index contributed by atoms with van der Waals surface area (Å²) in [6.07, 6.45) is 4.74. The summed E-state index contributed by atoms with van der Waals surface area (Å²) in [4.78, 5) is 12.1. The maximum absolute atomic E-state index is 12.1. The number of halogens is 1. The van der Waals surface area contributed by atoms with Crippen LogP contribution < -0.4 is 5.32 Å². The normalized spacial score (nSPS) is 10.5. The van der Waals surface area contributed by atoms with Gasteiger partial charge in [0, 0.05) is 17.8 Å². The number of hydrogen-bond donors (Lipinski definition) is 1. The summed E-state index contributed by atoms with van der Waals surface area (Å²) < 4.78 is 1.84. The van der Waals surface area contributed by atoms with Crippen molar-refractivity contribution in [1.82, 2.24) is 9.78 Å². The lowest BCUT2D eigenvalue weighted by Crippen LogP contribution is -2.13. The van der Waals surface area contributed by atoms with E-state index in [1.165, 1.54) is 5.56 Å². The van der Waals surface area contributed by atoms with Crippen LogP contribution >= 0.6 is 11.6 Å². The molecular formula is C19H18ClN3O. The fourth-order valence-corrected chi connectivity index (χ4v) is 2.56. The first-order valence-electron chi connectivity index (χ1n) is 7.80. The third-order valence-electron chi connectivity index (χ3n) is 3.67. The molecule has 3 rings (SSSR count). The first-order valence-corrected chi connectivity index (χ1v) is 8.17. The second-order valence-electron chi connectivity index (χ2n) is 5.58. The van der Waals surface area contributed by atoms with E-state index in [0.717, 1.165) is 18.5 Å². The van der Waals surface area contributed by atoms with Gasteiger partial charge in [-0.1, -0.05) is 54.1 Å². The van der Waals surface area contributed by atoms with Crippen LogP contribution in [0.3, 0.4) is 0 Å². The maximum Gasteiger partial charge on any atom is 0.228 e. The van der Waals surface area contributed by atoms with Crippen molar-refractivity contribution in [3.8, 4) is 0 Å². The van der Waals surface area contributed by atoms with Crippen molar-refractivity contribution < 1.29 is 4.79 Å². The molecule has 0 atom stereocenters. The Labute approximate surface area is 146 Å². The van der Waals surface area contributed by atoms with Crippen molar-refractivity contribution in [2.45, 2.75) is 19.4 Å². The van der Waals surface area contributed by atoms with Crippen LogP contribution in [0.4, 0.5) is 5.69 Å². The number of hydrogen-bond acceptors (Lipinski definition) is 2. The smallest absolute Gasteiger partial charge is 0.228 e. The largest absolute Gasteiger partial charge is 0.323 e. The topological polar surface area (TPSA) is 46.9 Å². The summed E-state index contributed by atoms with van der Waals surface area (Å²) in [6.45, 7) is 0.775. The number of carbonyl (C=O) groups excluding carboxylic acids is 1. The van der Waals surface area contributed by atoms with Gasteiger partial charge in [-0.25, -0.2) is 0 Å². The Morgan fingerprint density at radius 2 is 1.79 bits per heavy atom. The van der Waals surface area contributed by atoms with E-state index >= 15 is 0 Å². The predicted molar refractivity (Wildman–Crippen MR) is 96.2 cm³/mol. The number of carbonyl (C=O) groups is 1. The zero-order chi connectivity index (χ0) is 16.8. The number of benzene rings is 2. The van der Waals surface area contributed by atoms with E-state index in [9.17, 15) is 4.79 Å². The number of rotatable bonds is 6. The van der Waals surface area contributed by atoms with Crippen molar-refractivity contribution in [1.29, 1.82) is 0 Å². The SMILES string of the molecule is O=C(Cc1ccc(Cl)cc1)Nc1cnn(CCc2ccccc2)c1. The van der Waals surface area contributed by atoms with Crippen LogP contribution in [0.2, 0.25) is 5.02 Å². The summed E-state index contributed by atoms with van der Waals surface area (Å²) in [5.74, 6) is -0.0695. The minimum Gasteiger partial charge on any atom is -0.323 e. The minimum absolute atomic E-state index is 0.0695. The zero-order valence-electron chi connectivity index (χ0n) is 13.2. The van der Waals surface area contributed by atoms with Gasteiger partial charge in [0.2, 0.25) is 5.91 Å². The van der Waals surface area contributed by atoms with Crippen molar-refractivity contribution in [2.75, 3.05) is 5.32 Å². The molecular weight excluding hydrogens is 322 g/mol. The molecule has 0 radical (unpaired) electrons. The number of aromatic nitrogens is 2. The maximum atomic E-state index is 12.1. The van der Waals surface area contributed by atoms with Crippen molar-refractivity contribution in [3.63, 3.8) is 0 Å². The number of nitrogens with one attached hydrogen (secondary N) is 1. The second-order valence-corrected chi connectivity index (χ2v) is 6.02. The number of amides is 1. The third-order valence-corrected chi connectivity index (χ3v) is 3.92. The number of nitrogens with zero attached hydrogens (tertiary/aromatic N) is 2. The van der Waals surface area contributed by atoms with E-state index in [0.29, 0.717) is 17.1 Å². The highest BCUT2D eigenvalue weighted by atomic mass is 35.5. The molecule has 1 aromatic heterocycles. The van der Waals surface area contributed by atoms with E-state index in [1.807, 2.05) is 41.2 Å². The van der Waals surface area contributed by atoms with Gasteiger partial charge in [-0.05, 0) is 29.7 Å². The summed E-state index contributed by atoms with van der Waals surface area (Å²) in [5.41, 5.74) is 2.90. The van der Waals surface area contributed by atoms with Crippen LogP contribution in [0.15, 0.2) is 67.0 Å². The minimum atomic E-state index is -0.0695. The molecule has 0 saturated heterocycles. The van der Waals surface area contributed by atoms with Crippen molar-refractivity contribution in [2.24, 2.45) is 0 Å². The second kappa shape index (κ2) is 7.79. The summed E-state index contributed by atoms with van der Waals surface area (Å²) in [7, 11) is 0. The Kier molecular flexibility index (Phi) is 5.29. The average Bonchev–Trinajstić information content (AvgIpc) is 3.03. The predicted octanol–water partition coefficient (Wildman–Crippen LogP) is 3.96. The van der Waals surface area contributed by atoms with Gasteiger partial charge in [0.1, 0.15) is 0 Å². The van der Waals surface area contributed by atoms with Gasteiger partial charge < -0.3 is 5.32 Å². The lowest BCUT2D eigenvalue weighted by molar-refractivity contribution is -0.115. The van der Waals surface area contributed by atoms with Crippen LogP contribution in [0.5, 0.6) is 0 Å². The molecule has 0 unspecified atom stereocenters. The first kappa shape index (κ1) is 16.3. The molecule has 0 bridgehead atoms. The Morgan fingerprint density at radius 1 is 1.04 bits per heavy atom. The van der Waals surface area contributed by atoms with Crippen LogP contribution in [-0.4, -0.2) is 15.7 Å². The Morgan fingerprint density at radius 3 is 2.54 bits per heavy atom. The molecule has 0 fully saturated rings. The molecule has 5 heteroatoms. The van der Waals surface area contributed by atoms with Crippen LogP contribution in [-0.2, 0) is 24.2 Å². The molecule has 122 valence electrons. The first-order chi connectivity index (χ1) is 11.7. The van der Waals surface area contributed by atoms with E-state index in [2.05, 4.69) is 22.5 Å². The van der Waals surface area contributed by atoms with Crippen molar-refractivity contribution >= 4 is 23.2 Å². The molecule has 1 amide bonds. The van der Waals surface area contributed by atoms with Gasteiger partial charge in [0.05, 0.1) is 18.3 Å². The third kappa shape index (κ3) is 4.70. The van der Waals surface area contributed by atoms with Crippen molar-refractivity contribution in [3.05, 3.63) is 83.1 Å². The van der Waals surface area contributed by atoms with Gasteiger partial charge in [0.15, 0.2) is 0 Å². The van der Waals surface area contributed by atoms with E-state index in [1.54, 1.807) is 18.3 Å². The van der Waals surface area contributed by atoms with Crippen LogP contribution in [0.1, 0.15) is 11.1 Å². The molecule has 24 heavy (non-hydrogen) atoms. The van der Waals surface area contributed by atoms with Gasteiger partial charge in [-0.15, -0.1) is 0 Å². The molecule has 0 aliphatic carbocycles. The van der Waals surface area contributed by atoms with E-state index < -0.39 is 0 Å². The lowest BCUT2D eigenvalue weighted by atomic mass is 10.1. The monoisotopic (exact) mass is 339 g/mol. The molecule has 2 aromatic carbocycles. The Bertz CT molecular complexity index is 797. The van der Waals surface area contributed by atoms with Gasteiger partial charge >= 0.3 is 0 Å². The molecule has 0 saturated carbocycles. The molecule has 3 aromatic rings. The fraction of sp³-hybridized carbons (Fsp3) is 0.158. The lowest BCUT2D eigenvalue weighted by Gasteiger charge is -2.03. The molecule has 4 nitrogen and oxygen atoms in total. The molecule has 0 spiro atoms. The summed E-state index contributed by atoms with van der Waals surface area (Å²) >= 11 is 5.84. The molecule has 0 aliphatic rings. The van der Waals surface area contributed by atoms with E-state index in [-0.39, 0.29) is 5.91 Å². The van der Waals surface area contributed by atoms with Gasteiger partial charge in [-0.2, -0.15) is 5.10 Å². The Balaban J connectivity index is 1.51. The standard InChI is InChI=1S/C19H18ClN3O/c20-17-8-6-16(7-9-17)12-19(24)22-18-13-21-23(14-18)11-10-15-4-2-1-3-5-15/h1-9,13-14H,10-12H2,(H,22,24). The average molecular weight is 340 g/mol. The van der Waals surface area contributed by atoms with E-state index in [4.69, 9.17) is 11.6 Å². The number of aryl methyl sites for hydroxylation is 2. The van der Waals surface area contributed by atoms with Gasteiger partial charge in [-0.3, -0.25) is 9.48 Å². The van der Waals surface area contributed by atoms with Crippen LogP contribution in [0, 0.1) is 0 Å². The summed E-state index contributed by atoms with van der Waals surface area (Å²) in [6, 6.07) is 17.5. The zero-order valence-corrected chi connectivity index (χ0v) is 13.9. The quantitative estimate of drug-likeness (QED) is 0.739. The van der Waals surface area contributed by atoms with Crippen LogP contribution in [0.25, 0.3) is 0 Å². The number of anilines is 1. The highest BCUT2D eigenvalue weighted by Gasteiger charge is 2.06. The highest BCUT2D eigenvalue weighted by molar-refractivity contribution is 6.30. The molecule has 1 heterocycles. The summed E-state index contributed by atoms with van der Waals surface area (Å²) in [5, 5.41) is 7.82.